The van der Waals surface area contributed by atoms with Gasteiger partial charge in [-0.15, -0.1) is 0 Å². The van der Waals surface area contributed by atoms with E-state index in [4.69, 9.17) is 10.2 Å². The number of carboxylic acids is 2. The summed E-state index contributed by atoms with van der Waals surface area (Å²) in [5.74, 6) is -2.13. The summed E-state index contributed by atoms with van der Waals surface area (Å²) in [6.07, 6.45) is 3.38. The van der Waals surface area contributed by atoms with E-state index in [0.29, 0.717) is 6.54 Å². The van der Waals surface area contributed by atoms with E-state index >= 15 is 0 Å². The summed E-state index contributed by atoms with van der Waals surface area (Å²) >= 11 is 0. The van der Waals surface area contributed by atoms with E-state index < -0.39 is 24.0 Å². The SMILES string of the molecule is CCC1(CNC(=O)N[C@H](CCCC(=O)O)C(=O)O)CC1. The third kappa shape index (κ3) is 5.46. The number of hydrogen-bond donors (Lipinski definition) is 4. The van der Waals surface area contributed by atoms with Gasteiger partial charge in [-0.25, -0.2) is 9.59 Å². The maximum atomic E-state index is 11.6. The molecular weight excluding hydrogens is 264 g/mol. The first-order chi connectivity index (χ1) is 9.38. The van der Waals surface area contributed by atoms with E-state index in [9.17, 15) is 14.4 Å². The quantitative estimate of drug-likeness (QED) is 0.508. The first-order valence-electron chi connectivity index (χ1n) is 6.87. The zero-order chi connectivity index (χ0) is 15.2. The van der Waals surface area contributed by atoms with E-state index in [1.807, 2.05) is 0 Å². The second kappa shape index (κ2) is 7.12. The van der Waals surface area contributed by atoms with Crippen molar-refractivity contribution in [2.45, 2.75) is 51.5 Å². The highest BCUT2D eigenvalue weighted by Gasteiger charge is 2.40. The summed E-state index contributed by atoms with van der Waals surface area (Å²) in [5, 5.41) is 22.6. The Morgan fingerprint density at radius 2 is 1.90 bits per heavy atom. The number of carbonyl (C=O) groups is 3. The summed E-state index contributed by atoms with van der Waals surface area (Å²) in [6, 6.07) is -1.56. The second-order valence-corrected chi connectivity index (χ2v) is 5.36. The van der Waals surface area contributed by atoms with Gasteiger partial charge in [0.15, 0.2) is 0 Å². The molecule has 0 aliphatic heterocycles. The predicted octanol–water partition coefficient (Wildman–Crippen LogP) is 1.18. The summed E-state index contributed by atoms with van der Waals surface area (Å²) in [5.41, 5.74) is 0.194. The molecule has 1 fully saturated rings. The Bertz CT molecular complexity index is 379. The Kier molecular flexibility index (Phi) is 5.79. The predicted molar refractivity (Wildman–Crippen MR) is 71.4 cm³/mol. The highest BCUT2D eigenvalue weighted by atomic mass is 16.4. The van der Waals surface area contributed by atoms with Crippen molar-refractivity contribution in [3.05, 3.63) is 0 Å². The Hall–Kier alpha value is -1.79. The minimum absolute atomic E-state index is 0.105. The number of carbonyl (C=O) groups excluding carboxylic acids is 1. The lowest BCUT2D eigenvalue weighted by Crippen LogP contribution is -2.47. The van der Waals surface area contributed by atoms with Gasteiger partial charge in [0.1, 0.15) is 6.04 Å². The molecule has 0 saturated heterocycles. The largest absolute Gasteiger partial charge is 0.481 e. The van der Waals surface area contributed by atoms with Gasteiger partial charge < -0.3 is 20.8 Å². The fraction of sp³-hybridized carbons (Fsp3) is 0.769. The molecule has 1 aliphatic rings. The van der Waals surface area contributed by atoms with Crippen LogP contribution in [0.4, 0.5) is 4.79 Å². The lowest BCUT2D eigenvalue weighted by Gasteiger charge is -2.17. The highest BCUT2D eigenvalue weighted by molar-refractivity contribution is 5.82. The van der Waals surface area contributed by atoms with Gasteiger partial charge in [-0.1, -0.05) is 6.92 Å². The number of carboxylic acid groups (broad SMARTS) is 2. The number of aliphatic carboxylic acids is 2. The van der Waals surface area contributed by atoms with E-state index in [1.54, 1.807) is 0 Å². The highest BCUT2D eigenvalue weighted by Crippen LogP contribution is 2.47. The molecule has 2 amide bonds. The molecule has 0 radical (unpaired) electrons. The van der Waals surface area contributed by atoms with Crippen LogP contribution in [0.15, 0.2) is 0 Å². The molecule has 1 aliphatic carbocycles. The number of nitrogens with one attached hydrogen (secondary N) is 2. The summed E-state index contributed by atoms with van der Waals surface area (Å²) in [6.45, 7) is 2.62. The molecule has 0 heterocycles. The van der Waals surface area contributed by atoms with Crippen LogP contribution >= 0.6 is 0 Å². The van der Waals surface area contributed by atoms with Gasteiger partial charge in [0.2, 0.25) is 0 Å². The van der Waals surface area contributed by atoms with E-state index in [-0.39, 0.29) is 24.7 Å². The van der Waals surface area contributed by atoms with Crippen LogP contribution < -0.4 is 10.6 Å². The van der Waals surface area contributed by atoms with Crippen molar-refractivity contribution in [1.82, 2.24) is 10.6 Å². The summed E-state index contributed by atoms with van der Waals surface area (Å²) in [4.78, 5) is 33.0. The smallest absolute Gasteiger partial charge is 0.326 e. The maximum absolute atomic E-state index is 11.6. The Morgan fingerprint density at radius 3 is 2.35 bits per heavy atom. The molecule has 0 aromatic rings. The molecule has 0 aromatic carbocycles. The minimum Gasteiger partial charge on any atom is -0.481 e. The fourth-order valence-electron chi connectivity index (χ4n) is 2.02. The van der Waals surface area contributed by atoms with Crippen molar-refractivity contribution < 1.29 is 24.6 Å². The Morgan fingerprint density at radius 1 is 1.25 bits per heavy atom. The van der Waals surface area contributed by atoms with Gasteiger partial charge >= 0.3 is 18.0 Å². The van der Waals surface area contributed by atoms with Crippen molar-refractivity contribution in [3.8, 4) is 0 Å². The van der Waals surface area contributed by atoms with Crippen molar-refractivity contribution in [2.24, 2.45) is 5.41 Å². The fourth-order valence-corrected chi connectivity index (χ4v) is 2.02. The molecule has 0 spiro atoms. The molecule has 0 aromatic heterocycles. The average molecular weight is 286 g/mol. The van der Waals surface area contributed by atoms with Crippen LogP contribution in [0.25, 0.3) is 0 Å². The van der Waals surface area contributed by atoms with Gasteiger partial charge in [0, 0.05) is 13.0 Å². The number of hydrogen-bond acceptors (Lipinski definition) is 3. The van der Waals surface area contributed by atoms with Crippen molar-refractivity contribution in [2.75, 3.05) is 6.54 Å². The molecule has 1 rings (SSSR count). The maximum Gasteiger partial charge on any atom is 0.326 e. The lowest BCUT2D eigenvalue weighted by molar-refractivity contribution is -0.140. The van der Waals surface area contributed by atoms with Crippen LogP contribution in [0.5, 0.6) is 0 Å². The van der Waals surface area contributed by atoms with Crippen LogP contribution in [0.2, 0.25) is 0 Å². The number of rotatable bonds is 9. The van der Waals surface area contributed by atoms with Gasteiger partial charge in [0.25, 0.3) is 0 Å². The van der Waals surface area contributed by atoms with Crippen LogP contribution in [-0.4, -0.2) is 40.8 Å². The first kappa shape index (κ1) is 16.3. The topological polar surface area (TPSA) is 116 Å². The summed E-state index contributed by atoms with van der Waals surface area (Å²) in [7, 11) is 0. The molecule has 4 N–H and O–H groups in total. The average Bonchev–Trinajstić information content (AvgIpc) is 3.15. The van der Waals surface area contributed by atoms with Gasteiger partial charge in [0.05, 0.1) is 0 Å². The van der Waals surface area contributed by atoms with Gasteiger partial charge in [-0.05, 0) is 37.5 Å². The second-order valence-electron chi connectivity index (χ2n) is 5.36. The van der Waals surface area contributed by atoms with Gasteiger partial charge in [-0.3, -0.25) is 4.79 Å². The molecule has 0 bridgehead atoms. The summed E-state index contributed by atoms with van der Waals surface area (Å²) < 4.78 is 0. The molecule has 1 atom stereocenters. The molecular formula is C13H22N2O5. The van der Waals surface area contributed by atoms with E-state index in [2.05, 4.69) is 17.6 Å². The first-order valence-corrected chi connectivity index (χ1v) is 6.87. The Balaban J connectivity index is 2.31. The van der Waals surface area contributed by atoms with Crippen LogP contribution in [0, 0.1) is 5.41 Å². The van der Waals surface area contributed by atoms with Crippen molar-refractivity contribution >= 4 is 18.0 Å². The number of amides is 2. The van der Waals surface area contributed by atoms with E-state index in [1.165, 1.54) is 0 Å². The number of urea groups is 1. The normalized spacial score (nSPS) is 17.1. The van der Waals surface area contributed by atoms with Crippen LogP contribution in [0.1, 0.15) is 45.4 Å². The lowest BCUT2D eigenvalue weighted by atomic mass is 10.0. The third-order valence-corrected chi connectivity index (χ3v) is 3.82. The minimum atomic E-state index is -1.15. The molecule has 1 saturated carbocycles. The van der Waals surface area contributed by atoms with E-state index in [0.717, 1.165) is 19.3 Å². The molecule has 0 unspecified atom stereocenters. The van der Waals surface area contributed by atoms with Crippen LogP contribution in [0.3, 0.4) is 0 Å². The monoisotopic (exact) mass is 286 g/mol. The molecule has 7 nitrogen and oxygen atoms in total. The standard InChI is InChI=1S/C13H22N2O5/c1-2-13(6-7-13)8-14-12(20)15-9(11(18)19)4-3-5-10(16)17/h9H,2-8H2,1H3,(H,16,17)(H,18,19)(H2,14,15,20)/t9-/m1/s1. The van der Waals surface area contributed by atoms with Crippen molar-refractivity contribution in [3.63, 3.8) is 0 Å². The molecule has 114 valence electrons. The Labute approximate surface area is 117 Å². The van der Waals surface area contributed by atoms with Crippen molar-refractivity contribution in [1.29, 1.82) is 0 Å². The molecule has 7 heteroatoms. The third-order valence-electron chi connectivity index (χ3n) is 3.82. The van der Waals surface area contributed by atoms with Gasteiger partial charge in [-0.2, -0.15) is 0 Å². The molecule has 20 heavy (non-hydrogen) atoms. The van der Waals surface area contributed by atoms with Crippen LogP contribution in [-0.2, 0) is 9.59 Å². The zero-order valence-electron chi connectivity index (χ0n) is 11.6. The zero-order valence-corrected chi connectivity index (χ0v) is 11.6.